The van der Waals surface area contributed by atoms with Crippen molar-refractivity contribution in [2.24, 2.45) is 11.8 Å². The molecule has 0 N–H and O–H groups in total. The van der Waals surface area contributed by atoms with Gasteiger partial charge >= 0.3 is 6.09 Å². The fourth-order valence-corrected chi connectivity index (χ4v) is 2.31. The third kappa shape index (κ3) is 5.07. The average molecular weight is 255 g/mol. The number of hydrogen-bond acceptors (Lipinski definition) is 3. The summed E-state index contributed by atoms with van der Waals surface area (Å²) in [6.45, 7) is 6.33. The van der Waals surface area contributed by atoms with Crippen LogP contribution in [-0.4, -0.2) is 36.5 Å². The topological polar surface area (TPSA) is 46.6 Å². The minimum atomic E-state index is -0.444. The molecule has 18 heavy (non-hydrogen) atoms. The van der Waals surface area contributed by atoms with E-state index >= 15 is 0 Å². The summed E-state index contributed by atoms with van der Waals surface area (Å²) in [6, 6.07) is 0. The number of hydrogen-bond donors (Lipinski definition) is 0. The highest BCUT2D eigenvalue weighted by Gasteiger charge is 2.25. The lowest BCUT2D eigenvalue weighted by Gasteiger charge is -2.30. The molecule has 0 aliphatic heterocycles. The molecule has 0 aromatic rings. The van der Waals surface area contributed by atoms with Crippen molar-refractivity contribution >= 4 is 12.4 Å². The van der Waals surface area contributed by atoms with E-state index in [4.69, 9.17) is 4.74 Å². The molecule has 0 aromatic carbocycles. The van der Waals surface area contributed by atoms with Crippen molar-refractivity contribution in [1.82, 2.24) is 4.90 Å². The molecular formula is C14H25NO3. The SMILES string of the molecule is CN(C[C@H]1CC[C@H](C=O)CC1)C(=O)OC(C)(C)C. The zero-order valence-corrected chi connectivity index (χ0v) is 11.9. The summed E-state index contributed by atoms with van der Waals surface area (Å²) in [5.41, 5.74) is -0.444. The van der Waals surface area contributed by atoms with Crippen molar-refractivity contribution in [1.29, 1.82) is 0 Å². The molecule has 1 aliphatic rings. The van der Waals surface area contributed by atoms with Gasteiger partial charge in [-0.3, -0.25) is 0 Å². The fraction of sp³-hybridized carbons (Fsp3) is 0.857. The quantitative estimate of drug-likeness (QED) is 0.728. The highest BCUT2D eigenvalue weighted by atomic mass is 16.6. The Morgan fingerprint density at radius 1 is 1.28 bits per heavy atom. The zero-order valence-electron chi connectivity index (χ0n) is 11.9. The molecule has 1 saturated carbocycles. The Morgan fingerprint density at radius 2 is 1.83 bits per heavy atom. The molecule has 1 rings (SSSR count). The molecule has 0 radical (unpaired) electrons. The lowest BCUT2D eigenvalue weighted by molar-refractivity contribution is -0.112. The first-order chi connectivity index (χ1) is 8.31. The predicted molar refractivity (Wildman–Crippen MR) is 70.4 cm³/mol. The molecule has 4 nitrogen and oxygen atoms in total. The lowest BCUT2D eigenvalue weighted by atomic mass is 9.82. The summed E-state index contributed by atoms with van der Waals surface area (Å²) in [5.74, 6) is 0.729. The number of amides is 1. The highest BCUT2D eigenvalue weighted by Crippen LogP contribution is 2.28. The Morgan fingerprint density at radius 3 is 2.28 bits per heavy atom. The van der Waals surface area contributed by atoms with Gasteiger partial charge < -0.3 is 14.4 Å². The number of carbonyl (C=O) groups excluding carboxylic acids is 2. The third-order valence-corrected chi connectivity index (χ3v) is 3.32. The van der Waals surface area contributed by atoms with Crippen LogP contribution in [0.2, 0.25) is 0 Å². The molecule has 4 heteroatoms. The van der Waals surface area contributed by atoms with Crippen LogP contribution >= 0.6 is 0 Å². The Kier molecular flexibility index (Phi) is 5.17. The Bertz CT molecular complexity index is 288. The minimum Gasteiger partial charge on any atom is -0.444 e. The Balaban J connectivity index is 2.34. The van der Waals surface area contributed by atoms with Gasteiger partial charge in [0, 0.05) is 19.5 Å². The van der Waals surface area contributed by atoms with Crippen molar-refractivity contribution in [3.63, 3.8) is 0 Å². The van der Waals surface area contributed by atoms with Crippen molar-refractivity contribution in [2.45, 2.75) is 52.1 Å². The van der Waals surface area contributed by atoms with Crippen molar-refractivity contribution < 1.29 is 14.3 Å². The van der Waals surface area contributed by atoms with E-state index in [1.807, 2.05) is 20.8 Å². The van der Waals surface area contributed by atoms with Crippen molar-refractivity contribution in [3.05, 3.63) is 0 Å². The molecule has 0 atom stereocenters. The molecule has 0 saturated heterocycles. The molecule has 1 amide bonds. The van der Waals surface area contributed by atoms with Crippen LogP contribution in [-0.2, 0) is 9.53 Å². The zero-order chi connectivity index (χ0) is 13.8. The van der Waals surface area contributed by atoms with E-state index in [1.165, 1.54) is 0 Å². The Labute approximate surface area is 110 Å². The molecule has 0 unspecified atom stereocenters. The van der Waals surface area contributed by atoms with E-state index in [2.05, 4.69) is 0 Å². The average Bonchev–Trinajstić information content (AvgIpc) is 2.27. The van der Waals surface area contributed by atoms with Crippen LogP contribution in [0, 0.1) is 11.8 Å². The van der Waals surface area contributed by atoms with E-state index in [9.17, 15) is 9.59 Å². The molecule has 0 heterocycles. The van der Waals surface area contributed by atoms with E-state index in [-0.39, 0.29) is 12.0 Å². The summed E-state index contributed by atoms with van der Waals surface area (Å²) < 4.78 is 5.31. The first-order valence-corrected chi connectivity index (χ1v) is 6.71. The van der Waals surface area contributed by atoms with Crippen molar-refractivity contribution in [2.75, 3.05) is 13.6 Å². The number of nitrogens with zero attached hydrogens (tertiary/aromatic N) is 1. The monoisotopic (exact) mass is 255 g/mol. The van der Waals surface area contributed by atoms with Gasteiger partial charge in [0.15, 0.2) is 0 Å². The van der Waals surface area contributed by atoms with Gasteiger partial charge in [-0.05, 0) is 52.4 Å². The summed E-state index contributed by atoms with van der Waals surface area (Å²) >= 11 is 0. The maximum Gasteiger partial charge on any atom is 0.410 e. The maximum absolute atomic E-state index is 11.8. The summed E-state index contributed by atoms with van der Waals surface area (Å²) in [4.78, 5) is 24.1. The van der Waals surface area contributed by atoms with Gasteiger partial charge in [0.2, 0.25) is 0 Å². The standard InChI is InChI=1S/C14H25NO3/c1-14(2,3)18-13(17)15(4)9-11-5-7-12(10-16)8-6-11/h10-12H,5-9H2,1-4H3/t11-,12-. The Hall–Kier alpha value is -1.06. The predicted octanol–water partition coefficient (Wildman–Crippen LogP) is 2.86. The van der Waals surface area contributed by atoms with Gasteiger partial charge in [-0.2, -0.15) is 0 Å². The molecule has 104 valence electrons. The highest BCUT2D eigenvalue weighted by molar-refractivity contribution is 5.67. The van der Waals surface area contributed by atoms with Crippen LogP contribution in [0.15, 0.2) is 0 Å². The molecule has 0 spiro atoms. The molecule has 1 aliphatic carbocycles. The lowest BCUT2D eigenvalue weighted by Crippen LogP contribution is -2.37. The summed E-state index contributed by atoms with van der Waals surface area (Å²) in [5, 5.41) is 0. The van der Waals surface area contributed by atoms with E-state index in [0.29, 0.717) is 5.92 Å². The van der Waals surface area contributed by atoms with Crippen LogP contribution in [0.1, 0.15) is 46.5 Å². The number of aldehydes is 1. The van der Waals surface area contributed by atoms with Gasteiger partial charge in [-0.1, -0.05) is 0 Å². The molecule has 0 bridgehead atoms. The van der Waals surface area contributed by atoms with Crippen molar-refractivity contribution in [3.8, 4) is 0 Å². The largest absolute Gasteiger partial charge is 0.444 e. The van der Waals surface area contributed by atoms with Crippen LogP contribution in [0.25, 0.3) is 0 Å². The number of carbonyl (C=O) groups is 2. The molecular weight excluding hydrogens is 230 g/mol. The third-order valence-electron chi connectivity index (χ3n) is 3.32. The van der Waals surface area contributed by atoms with Gasteiger partial charge in [0.25, 0.3) is 0 Å². The smallest absolute Gasteiger partial charge is 0.410 e. The molecule has 1 fully saturated rings. The normalized spacial score (nSPS) is 24.4. The van der Waals surface area contributed by atoms with Gasteiger partial charge in [0.1, 0.15) is 11.9 Å². The second-order valence-corrected chi connectivity index (χ2v) is 6.28. The van der Waals surface area contributed by atoms with E-state index < -0.39 is 5.60 Å². The van der Waals surface area contributed by atoms with Crippen LogP contribution < -0.4 is 0 Å². The van der Waals surface area contributed by atoms with Crippen LogP contribution in [0.5, 0.6) is 0 Å². The number of ether oxygens (including phenoxy) is 1. The maximum atomic E-state index is 11.8. The van der Waals surface area contributed by atoms with Crippen LogP contribution in [0.4, 0.5) is 4.79 Å². The second kappa shape index (κ2) is 6.21. The van der Waals surface area contributed by atoms with Crippen LogP contribution in [0.3, 0.4) is 0 Å². The van der Waals surface area contributed by atoms with E-state index in [0.717, 1.165) is 38.5 Å². The van der Waals surface area contributed by atoms with Gasteiger partial charge in [-0.25, -0.2) is 4.79 Å². The van der Waals surface area contributed by atoms with Gasteiger partial charge in [0.05, 0.1) is 0 Å². The molecule has 0 aromatic heterocycles. The fourth-order valence-electron chi connectivity index (χ4n) is 2.31. The van der Waals surface area contributed by atoms with E-state index in [1.54, 1.807) is 11.9 Å². The second-order valence-electron chi connectivity index (χ2n) is 6.28. The minimum absolute atomic E-state index is 0.230. The van der Waals surface area contributed by atoms with Gasteiger partial charge in [-0.15, -0.1) is 0 Å². The number of rotatable bonds is 3. The first-order valence-electron chi connectivity index (χ1n) is 6.71. The summed E-state index contributed by atoms with van der Waals surface area (Å²) in [6.07, 6.45) is 4.76. The first kappa shape index (κ1) is 15.0. The summed E-state index contributed by atoms with van der Waals surface area (Å²) in [7, 11) is 1.78.